The third kappa shape index (κ3) is 3.31. The van der Waals surface area contributed by atoms with Crippen LogP contribution in [0.2, 0.25) is 0 Å². The van der Waals surface area contributed by atoms with Crippen molar-refractivity contribution in [3.63, 3.8) is 0 Å². The van der Waals surface area contributed by atoms with Crippen molar-refractivity contribution in [2.45, 2.75) is 59.3 Å². The highest BCUT2D eigenvalue weighted by Gasteiger charge is 2.37. The number of hydrogen-bond donors (Lipinski definition) is 1. The Labute approximate surface area is 108 Å². The molecule has 0 bridgehead atoms. The minimum atomic E-state index is -0.791. The van der Waals surface area contributed by atoms with E-state index in [1.54, 1.807) is 0 Å². The largest absolute Gasteiger partial charge is 0.481 e. The molecule has 0 radical (unpaired) electrons. The maximum Gasteiger partial charge on any atom is 0.310 e. The first-order valence-corrected chi connectivity index (χ1v) is 6.62. The zero-order valence-electron chi connectivity index (χ0n) is 11.4. The SMILES string of the molecule is CCCCc1noc(CC(CC)(CC)C(=O)O)n1. The van der Waals surface area contributed by atoms with Gasteiger partial charge in [-0.3, -0.25) is 4.79 Å². The van der Waals surface area contributed by atoms with Crippen LogP contribution in [0.1, 0.15) is 58.2 Å². The lowest BCUT2D eigenvalue weighted by Gasteiger charge is -2.24. The van der Waals surface area contributed by atoms with Crippen LogP contribution in [-0.2, 0) is 17.6 Å². The van der Waals surface area contributed by atoms with Crippen molar-refractivity contribution in [3.8, 4) is 0 Å². The van der Waals surface area contributed by atoms with Gasteiger partial charge in [0.25, 0.3) is 0 Å². The van der Waals surface area contributed by atoms with Gasteiger partial charge in [0.05, 0.1) is 5.41 Å². The van der Waals surface area contributed by atoms with Crippen LogP contribution in [0.15, 0.2) is 4.52 Å². The fraction of sp³-hybridized carbons (Fsp3) is 0.769. The monoisotopic (exact) mass is 254 g/mol. The predicted octanol–water partition coefficient (Wildman–Crippen LogP) is 2.85. The summed E-state index contributed by atoms with van der Waals surface area (Å²) in [5.41, 5.74) is -0.783. The van der Waals surface area contributed by atoms with E-state index in [2.05, 4.69) is 17.1 Å². The van der Waals surface area contributed by atoms with Crippen molar-refractivity contribution in [2.75, 3.05) is 0 Å². The van der Waals surface area contributed by atoms with Crippen LogP contribution < -0.4 is 0 Å². The van der Waals surface area contributed by atoms with Crippen LogP contribution in [0.25, 0.3) is 0 Å². The second-order valence-corrected chi connectivity index (χ2v) is 4.68. The number of aryl methyl sites for hydroxylation is 1. The lowest BCUT2D eigenvalue weighted by atomic mass is 9.79. The van der Waals surface area contributed by atoms with E-state index in [1.165, 1.54) is 0 Å². The number of carboxylic acids is 1. The summed E-state index contributed by atoms with van der Waals surface area (Å²) in [6, 6.07) is 0. The normalized spacial score (nSPS) is 11.7. The molecular weight excluding hydrogens is 232 g/mol. The van der Waals surface area contributed by atoms with E-state index in [9.17, 15) is 9.90 Å². The van der Waals surface area contributed by atoms with E-state index >= 15 is 0 Å². The van der Waals surface area contributed by atoms with Crippen LogP contribution in [0.5, 0.6) is 0 Å². The second-order valence-electron chi connectivity index (χ2n) is 4.68. The van der Waals surface area contributed by atoms with E-state index in [4.69, 9.17) is 4.52 Å². The van der Waals surface area contributed by atoms with Gasteiger partial charge >= 0.3 is 5.97 Å². The highest BCUT2D eigenvalue weighted by Crippen LogP contribution is 2.30. The molecule has 5 heteroatoms. The molecule has 5 nitrogen and oxygen atoms in total. The summed E-state index contributed by atoms with van der Waals surface area (Å²) in [4.78, 5) is 15.6. The summed E-state index contributed by atoms with van der Waals surface area (Å²) in [5, 5.41) is 13.2. The van der Waals surface area contributed by atoms with E-state index in [0.29, 0.717) is 31.0 Å². The molecule has 1 aromatic heterocycles. The maximum absolute atomic E-state index is 11.4. The van der Waals surface area contributed by atoms with E-state index in [0.717, 1.165) is 19.3 Å². The lowest BCUT2D eigenvalue weighted by molar-refractivity contribution is -0.149. The van der Waals surface area contributed by atoms with Gasteiger partial charge < -0.3 is 9.63 Å². The van der Waals surface area contributed by atoms with Crippen LogP contribution in [0, 0.1) is 5.41 Å². The van der Waals surface area contributed by atoms with Gasteiger partial charge in [0.2, 0.25) is 5.89 Å². The average molecular weight is 254 g/mol. The molecule has 1 aromatic rings. The molecule has 1 N–H and O–H groups in total. The lowest BCUT2D eigenvalue weighted by Crippen LogP contribution is -2.32. The van der Waals surface area contributed by atoms with Crippen molar-refractivity contribution in [1.29, 1.82) is 0 Å². The Balaban J connectivity index is 2.75. The number of unbranched alkanes of at least 4 members (excludes halogenated alkanes) is 1. The molecular formula is C13H22N2O3. The Hall–Kier alpha value is -1.39. The van der Waals surface area contributed by atoms with E-state index in [1.807, 2.05) is 13.8 Å². The summed E-state index contributed by atoms with van der Waals surface area (Å²) in [7, 11) is 0. The van der Waals surface area contributed by atoms with Crippen LogP contribution in [0.4, 0.5) is 0 Å². The van der Waals surface area contributed by atoms with Gasteiger partial charge in [0.15, 0.2) is 5.82 Å². The number of hydrogen-bond acceptors (Lipinski definition) is 4. The molecule has 0 saturated carbocycles. The summed E-state index contributed by atoms with van der Waals surface area (Å²) >= 11 is 0. The number of carboxylic acid groups (broad SMARTS) is 1. The minimum absolute atomic E-state index is 0.314. The number of rotatable bonds is 8. The third-order valence-electron chi connectivity index (χ3n) is 3.56. The molecule has 102 valence electrons. The van der Waals surface area contributed by atoms with Gasteiger partial charge in [-0.25, -0.2) is 0 Å². The quantitative estimate of drug-likeness (QED) is 0.772. The van der Waals surface area contributed by atoms with Crippen molar-refractivity contribution in [3.05, 3.63) is 11.7 Å². The van der Waals surface area contributed by atoms with Gasteiger partial charge in [-0.1, -0.05) is 32.3 Å². The average Bonchev–Trinajstić information content (AvgIpc) is 2.80. The number of aliphatic carboxylic acids is 1. The van der Waals surface area contributed by atoms with Crippen LogP contribution in [0.3, 0.4) is 0 Å². The van der Waals surface area contributed by atoms with Crippen molar-refractivity contribution < 1.29 is 14.4 Å². The standard InChI is InChI=1S/C13H22N2O3/c1-4-7-8-10-14-11(18-15-10)9-13(5-2,6-3)12(16)17/h4-9H2,1-3H3,(H,16,17). The summed E-state index contributed by atoms with van der Waals surface area (Å²) in [5.74, 6) is 0.325. The first-order valence-electron chi connectivity index (χ1n) is 6.62. The molecule has 0 aliphatic heterocycles. The molecule has 1 rings (SSSR count). The second kappa shape index (κ2) is 6.52. The minimum Gasteiger partial charge on any atom is -0.481 e. The van der Waals surface area contributed by atoms with Gasteiger partial charge in [-0.05, 0) is 19.3 Å². The van der Waals surface area contributed by atoms with Crippen molar-refractivity contribution >= 4 is 5.97 Å². The molecule has 0 aromatic carbocycles. The molecule has 0 amide bonds. The van der Waals surface area contributed by atoms with Gasteiger partial charge in [-0.15, -0.1) is 0 Å². The zero-order valence-corrected chi connectivity index (χ0v) is 11.4. The van der Waals surface area contributed by atoms with Crippen molar-refractivity contribution in [1.82, 2.24) is 10.1 Å². The highest BCUT2D eigenvalue weighted by atomic mass is 16.5. The number of aromatic nitrogens is 2. The Bertz CT molecular complexity index is 383. The Morgan fingerprint density at radius 1 is 1.33 bits per heavy atom. The molecule has 0 unspecified atom stereocenters. The fourth-order valence-electron chi connectivity index (χ4n) is 1.97. The predicted molar refractivity (Wildman–Crippen MR) is 67.3 cm³/mol. The van der Waals surface area contributed by atoms with Crippen molar-refractivity contribution in [2.24, 2.45) is 5.41 Å². The van der Waals surface area contributed by atoms with Gasteiger partial charge in [0, 0.05) is 12.8 Å². The summed E-state index contributed by atoms with van der Waals surface area (Å²) in [6.45, 7) is 5.86. The molecule has 0 spiro atoms. The van der Waals surface area contributed by atoms with Crippen LogP contribution in [-0.4, -0.2) is 21.2 Å². The molecule has 1 heterocycles. The Morgan fingerprint density at radius 3 is 2.50 bits per heavy atom. The maximum atomic E-state index is 11.4. The number of nitrogens with zero attached hydrogens (tertiary/aromatic N) is 2. The summed E-state index contributed by atoms with van der Waals surface area (Å²) in [6.07, 6.45) is 4.32. The van der Waals surface area contributed by atoms with Gasteiger partial charge in [-0.2, -0.15) is 4.98 Å². The van der Waals surface area contributed by atoms with Crippen LogP contribution >= 0.6 is 0 Å². The third-order valence-corrected chi connectivity index (χ3v) is 3.56. The molecule has 0 aliphatic carbocycles. The molecule has 18 heavy (non-hydrogen) atoms. The Kier molecular flexibility index (Phi) is 5.31. The van der Waals surface area contributed by atoms with E-state index in [-0.39, 0.29) is 0 Å². The first-order chi connectivity index (χ1) is 8.57. The van der Waals surface area contributed by atoms with Gasteiger partial charge in [0.1, 0.15) is 0 Å². The zero-order chi connectivity index (χ0) is 13.6. The molecule has 0 aliphatic rings. The molecule has 0 saturated heterocycles. The fourth-order valence-corrected chi connectivity index (χ4v) is 1.97. The highest BCUT2D eigenvalue weighted by molar-refractivity contribution is 5.74. The molecule has 0 fully saturated rings. The first kappa shape index (κ1) is 14.7. The van der Waals surface area contributed by atoms with E-state index < -0.39 is 11.4 Å². The Morgan fingerprint density at radius 2 is 2.00 bits per heavy atom. The molecule has 0 atom stereocenters. The summed E-state index contributed by atoms with van der Waals surface area (Å²) < 4.78 is 5.15. The smallest absolute Gasteiger partial charge is 0.310 e. The number of carbonyl (C=O) groups is 1. The topological polar surface area (TPSA) is 76.2 Å².